The Hall–Kier alpha value is -2.03. The van der Waals surface area contributed by atoms with E-state index in [0.29, 0.717) is 0 Å². The van der Waals surface area contributed by atoms with E-state index in [1.54, 1.807) is 4.52 Å². The highest BCUT2D eigenvalue weighted by Crippen LogP contribution is 2.27. The van der Waals surface area contributed by atoms with Crippen LogP contribution in [0.5, 0.6) is 5.75 Å². The summed E-state index contributed by atoms with van der Waals surface area (Å²) in [5.74, 6) is 0.226. The number of benzene rings is 1. The summed E-state index contributed by atoms with van der Waals surface area (Å²) in [6.45, 7) is 2.06. The fraction of sp³-hybridized carbons (Fsp3) is 0.0833. The van der Waals surface area contributed by atoms with E-state index in [1.165, 1.54) is 11.8 Å². The van der Waals surface area contributed by atoms with Gasteiger partial charge < -0.3 is 5.11 Å². The van der Waals surface area contributed by atoms with Gasteiger partial charge in [-0.3, -0.25) is 0 Å². The van der Waals surface area contributed by atoms with E-state index in [9.17, 15) is 5.11 Å². The van der Waals surface area contributed by atoms with Gasteiger partial charge >= 0.3 is 0 Å². The number of fused-ring (bicyclic) bond motifs is 3. The third kappa shape index (κ3) is 1.09. The summed E-state index contributed by atoms with van der Waals surface area (Å²) >= 11 is 0. The van der Waals surface area contributed by atoms with Crippen LogP contribution in [0.3, 0.4) is 0 Å². The topological polar surface area (TPSA) is 37.5 Å². The maximum atomic E-state index is 9.70. The van der Waals surface area contributed by atoms with Crippen LogP contribution in [-0.4, -0.2) is 14.7 Å². The van der Waals surface area contributed by atoms with Crippen molar-refractivity contribution in [3.8, 4) is 5.75 Å². The molecule has 1 N–H and O–H groups in total. The zero-order valence-electron chi connectivity index (χ0n) is 8.31. The molecule has 3 aromatic rings. The third-order valence-corrected chi connectivity index (χ3v) is 2.63. The molecule has 15 heavy (non-hydrogen) atoms. The van der Waals surface area contributed by atoms with E-state index in [-0.39, 0.29) is 5.75 Å². The Morgan fingerprint density at radius 2 is 2.13 bits per heavy atom. The molecule has 0 saturated carbocycles. The number of aromatic nitrogens is 2. The average molecular weight is 198 g/mol. The first kappa shape index (κ1) is 8.29. The lowest BCUT2D eigenvalue weighted by Crippen LogP contribution is -1.87. The zero-order chi connectivity index (χ0) is 10.4. The standard InChI is InChI=1S/C12H10N2O/c1-8-2-3-10-9(6-8)4-5-14-12(10)11(15)7-13-14/h2-7,15H,1H3. The second-order valence-electron chi connectivity index (χ2n) is 3.73. The number of aromatic hydroxyl groups is 1. The van der Waals surface area contributed by atoms with Crippen molar-refractivity contribution in [3.05, 3.63) is 42.2 Å². The van der Waals surface area contributed by atoms with Crippen LogP contribution >= 0.6 is 0 Å². The summed E-state index contributed by atoms with van der Waals surface area (Å²) < 4.78 is 1.69. The van der Waals surface area contributed by atoms with Crippen LogP contribution in [0.1, 0.15) is 5.56 Å². The lowest BCUT2D eigenvalue weighted by molar-refractivity contribution is 0.481. The van der Waals surface area contributed by atoms with E-state index in [1.807, 2.05) is 24.4 Å². The molecule has 3 rings (SSSR count). The van der Waals surface area contributed by atoms with Crippen molar-refractivity contribution in [1.29, 1.82) is 0 Å². The fourth-order valence-electron chi connectivity index (χ4n) is 1.91. The molecule has 0 aliphatic carbocycles. The first-order chi connectivity index (χ1) is 7.25. The fourth-order valence-corrected chi connectivity index (χ4v) is 1.91. The first-order valence-electron chi connectivity index (χ1n) is 4.81. The molecule has 0 atom stereocenters. The minimum atomic E-state index is 0.226. The highest BCUT2D eigenvalue weighted by Gasteiger charge is 2.06. The molecule has 0 bridgehead atoms. The minimum Gasteiger partial charge on any atom is -0.504 e. The number of hydrogen-bond donors (Lipinski definition) is 1. The third-order valence-electron chi connectivity index (χ3n) is 2.63. The molecule has 0 aliphatic rings. The molecule has 2 aromatic heterocycles. The van der Waals surface area contributed by atoms with Gasteiger partial charge in [0, 0.05) is 11.6 Å². The molecule has 1 aromatic carbocycles. The summed E-state index contributed by atoms with van der Waals surface area (Å²) in [6, 6.07) is 8.15. The Balaban J connectivity index is 2.58. The van der Waals surface area contributed by atoms with Crippen LogP contribution in [0.25, 0.3) is 16.3 Å². The SMILES string of the molecule is Cc1ccc2c(ccn3ncc(O)c23)c1. The molecule has 0 fully saturated rings. The Bertz CT molecular complexity index is 655. The van der Waals surface area contributed by atoms with Gasteiger partial charge in [0.25, 0.3) is 0 Å². The highest BCUT2D eigenvalue weighted by molar-refractivity contribution is 5.98. The summed E-state index contributed by atoms with van der Waals surface area (Å²) in [4.78, 5) is 0. The summed E-state index contributed by atoms with van der Waals surface area (Å²) in [6.07, 6.45) is 3.32. The number of aryl methyl sites for hydroxylation is 1. The molecule has 0 aliphatic heterocycles. The predicted molar refractivity (Wildman–Crippen MR) is 59.1 cm³/mol. The van der Waals surface area contributed by atoms with Gasteiger partial charge in [-0.1, -0.05) is 23.8 Å². The Kier molecular flexibility index (Phi) is 1.51. The molecular formula is C12H10N2O. The number of hydrogen-bond acceptors (Lipinski definition) is 2. The van der Waals surface area contributed by atoms with Gasteiger partial charge in [-0.05, 0) is 18.4 Å². The van der Waals surface area contributed by atoms with Gasteiger partial charge in [0.15, 0.2) is 5.75 Å². The largest absolute Gasteiger partial charge is 0.504 e. The number of rotatable bonds is 0. The first-order valence-corrected chi connectivity index (χ1v) is 4.81. The highest BCUT2D eigenvalue weighted by atomic mass is 16.3. The second kappa shape index (κ2) is 2.73. The summed E-state index contributed by atoms with van der Waals surface area (Å²) in [7, 11) is 0. The van der Waals surface area contributed by atoms with Gasteiger partial charge in [0.2, 0.25) is 0 Å². The van der Waals surface area contributed by atoms with E-state index in [2.05, 4.69) is 18.1 Å². The average Bonchev–Trinajstić information content (AvgIpc) is 2.60. The van der Waals surface area contributed by atoms with Crippen LogP contribution in [0.2, 0.25) is 0 Å². The molecule has 3 nitrogen and oxygen atoms in total. The van der Waals surface area contributed by atoms with Gasteiger partial charge in [0.05, 0.1) is 6.20 Å². The van der Waals surface area contributed by atoms with Crippen molar-refractivity contribution in [2.75, 3.05) is 0 Å². The molecule has 2 heterocycles. The molecular weight excluding hydrogens is 188 g/mol. The van der Waals surface area contributed by atoms with Gasteiger partial charge in [-0.25, -0.2) is 4.52 Å². The molecule has 0 amide bonds. The van der Waals surface area contributed by atoms with Crippen LogP contribution < -0.4 is 0 Å². The van der Waals surface area contributed by atoms with Crippen molar-refractivity contribution >= 4 is 16.3 Å². The molecule has 0 unspecified atom stereocenters. The lowest BCUT2D eigenvalue weighted by Gasteiger charge is -2.02. The molecule has 74 valence electrons. The van der Waals surface area contributed by atoms with Crippen molar-refractivity contribution in [2.45, 2.75) is 6.92 Å². The normalized spacial score (nSPS) is 11.3. The lowest BCUT2D eigenvalue weighted by atomic mass is 10.1. The predicted octanol–water partition coefficient (Wildman–Crippen LogP) is 2.50. The van der Waals surface area contributed by atoms with Crippen LogP contribution in [0, 0.1) is 6.92 Å². The van der Waals surface area contributed by atoms with E-state index < -0.39 is 0 Å². The van der Waals surface area contributed by atoms with Crippen molar-refractivity contribution < 1.29 is 5.11 Å². The maximum Gasteiger partial charge on any atom is 0.162 e. The van der Waals surface area contributed by atoms with Crippen molar-refractivity contribution in [2.24, 2.45) is 0 Å². The van der Waals surface area contributed by atoms with Crippen LogP contribution in [0.4, 0.5) is 0 Å². The summed E-state index contributed by atoms with van der Waals surface area (Å²) in [5.41, 5.74) is 1.98. The van der Waals surface area contributed by atoms with E-state index >= 15 is 0 Å². The van der Waals surface area contributed by atoms with E-state index in [4.69, 9.17) is 0 Å². The number of pyridine rings is 1. The minimum absolute atomic E-state index is 0.226. The van der Waals surface area contributed by atoms with Gasteiger partial charge in [0.1, 0.15) is 5.52 Å². The van der Waals surface area contributed by atoms with Crippen LogP contribution in [0.15, 0.2) is 36.7 Å². The monoisotopic (exact) mass is 198 g/mol. The quantitative estimate of drug-likeness (QED) is 0.602. The molecule has 0 radical (unpaired) electrons. The molecule has 0 spiro atoms. The zero-order valence-corrected chi connectivity index (χ0v) is 8.31. The van der Waals surface area contributed by atoms with Crippen molar-refractivity contribution in [1.82, 2.24) is 9.61 Å². The maximum absolute atomic E-state index is 9.70. The second-order valence-corrected chi connectivity index (χ2v) is 3.73. The van der Waals surface area contributed by atoms with E-state index in [0.717, 1.165) is 16.3 Å². The Labute approximate surface area is 86.6 Å². The Morgan fingerprint density at radius 1 is 1.27 bits per heavy atom. The van der Waals surface area contributed by atoms with Gasteiger partial charge in [-0.15, -0.1) is 0 Å². The van der Waals surface area contributed by atoms with Gasteiger partial charge in [-0.2, -0.15) is 5.10 Å². The Morgan fingerprint density at radius 3 is 3.00 bits per heavy atom. The molecule has 0 saturated heterocycles. The number of nitrogens with zero attached hydrogens (tertiary/aromatic N) is 2. The summed E-state index contributed by atoms with van der Waals surface area (Å²) in [5, 5.41) is 15.9. The molecule has 3 heteroatoms. The smallest absolute Gasteiger partial charge is 0.162 e. The van der Waals surface area contributed by atoms with Crippen molar-refractivity contribution in [3.63, 3.8) is 0 Å². The van der Waals surface area contributed by atoms with Crippen LogP contribution in [-0.2, 0) is 0 Å².